The highest BCUT2D eigenvalue weighted by atomic mass is 16.6. The Morgan fingerprint density at radius 1 is 1.09 bits per heavy atom. The van der Waals surface area contributed by atoms with E-state index in [1.165, 1.54) is 0 Å². The van der Waals surface area contributed by atoms with Gasteiger partial charge in [-0.05, 0) is 45.6 Å². The van der Waals surface area contributed by atoms with Gasteiger partial charge >= 0.3 is 18.2 Å². The van der Waals surface area contributed by atoms with Gasteiger partial charge in [0.25, 0.3) is 0 Å². The van der Waals surface area contributed by atoms with Crippen LogP contribution >= 0.6 is 0 Å². The summed E-state index contributed by atoms with van der Waals surface area (Å²) in [6, 6.07) is 12.2. The van der Waals surface area contributed by atoms with Crippen LogP contribution in [0.4, 0.5) is 15.4 Å². The van der Waals surface area contributed by atoms with Gasteiger partial charge in [-0.3, -0.25) is 4.90 Å². The normalized spacial score (nSPS) is 22.5. The number of amides is 2. The van der Waals surface area contributed by atoms with Gasteiger partial charge in [0.15, 0.2) is 0 Å². The number of carbonyl (C=O) groups excluding carboxylic acids is 2. The summed E-state index contributed by atoms with van der Waals surface area (Å²) < 4.78 is 23.2. The molecule has 0 spiro atoms. The van der Waals surface area contributed by atoms with Crippen molar-refractivity contribution in [3.8, 4) is 12.1 Å². The van der Waals surface area contributed by atoms with Crippen LogP contribution in [0.1, 0.15) is 56.9 Å². The summed E-state index contributed by atoms with van der Waals surface area (Å²) in [6.07, 6.45) is 2.18. The first-order chi connectivity index (χ1) is 22.7. The number of carbonyl (C=O) groups is 2. The van der Waals surface area contributed by atoms with Gasteiger partial charge in [0.2, 0.25) is 0 Å². The van der Waals surface area contributed by atoms with Crippen molar-refractivity contribution >= 4 is 18.0 Å². The standard InChI is InChI=1S/C34H45N7O6/c1-34(2,3)47-33(43)41-16-15-39(19-25(41)10-12-35)30-28-11-14-40(32(42)46-22-24-8-5-4-6-9-24)21-29(28)36-31(37-30)44-17-7-13-38-20-27-18-26(38)23-45-27/h4-6,8-9,25-27H,7,10-11,13-23H2,1-3H3/t25-,26-,27-/m0/s1. The number of hydrogen-bond donors (Lipinski definition) is 0. The van der Waals surface area contributed by atoms with Crippen LogP contribution in [-0.2, 0) is 33.8 Å². The molecule has 0 radical (unpaired) electrons. The highest BCUT2D eigenvalue weighted by Gasteiger charge is 2.39. The third-order valence-electron chi connectivity index (χ3n) is 9.06. The van der Waals surface area contributed by atoms with E-state index in [-0.39, 0.29) is 31.6 Å². The van der Waals surface area contributed by atoms with Gasteiger partial charge in [-0.15, -0.1) is 0 Å². The first-order valence-electron chi connectivity index (χ1n) is 16.6. The maximum atomic E-state index is 13.1. The lowest BCUT2D eigenvalue weighted by molar-refractivity contribution is 0.0144. The monoisotopic (exact) mass is 647 g/mol. The second-order valence-corrected chi connectivity index (χ2v) is 13.6. The number of anilines is 1. The van der Waals surface area contributed by atoms with Crippen LogP contribution in [0.5, 0.6) is 6.01 Å². The van der Waals surface area contributed by atoms with E-state index in [0.29, 0.717) is 57.0 Å². The number of hydrogen-bond acceptors (Lipinski definition) is 11. The molecule has 5 heterocycles. The molecule has 252 valence electrons. The third-order valence-corrected chi connectivity index (χ3v) is 9.06. The maximum Gasteiger partial charge on any atom is 0.410 e. The molecule has 2 bridgehead atoms. The number of benzene rings is 1. The lowest BCUT2D eigenvalue weighted by atomic mass is 10.0. The molecular weight excluding hydrogens is 602 g/mol. The Hall–Kier alpha value is -4.15. The highest BCUT2D eigenvalue weighted by Crippen LogP contribution is 2.32. The molecule has 1 aromatic carbocycles. The minimum atomic E-state index is -0.639. The number of morpholine rings is 1. The van der Waals surface area contributed by atoms with E-state index in [9.17, 15) is 14.9 Å². The number of ether oxygens (including phenoxy) is 4. The molecule has 0 unspecified atom stereocenters. The van der Waals surface area contributed by atoms with Crippen LogP contribution in [0.15, 0.2) is 30.3 Å². The first kappa shape index (κ1) is 32.8. The predicted molar refractivity (Wildman–Crippen MR) is 172 cm³/mol. The van der Waals surface area contributed by atoms with Crippen LogP contribution in [0.3, 0.4) is 0 Å². The molecule has 13 heteroatoms. The lowest BCUT2D eigenvalue weighted by Crippen LogP contribution is -2.56. The van der Waals surface area contributed by atoms with Gasteiger partial charge in [0, 0.05) is 50.9 Å². The summed E-state index contributed by atoms with van der Waals surface area (Å²) >= 11 is 0. The fourth-order valence-corrected chi connectivity index (χ4v) is 6.75. The maximum absolute atomic E-state index is 13.1. The number of nitrogens with zero attached hydrogens (tertiary/aromatic N) is 7. The Balaban J connectivity index is 1.17. The number of piperazine rings is 1. The van der Waals surface area contributed by atoms with E-state index < -0.39 is 17.8 Å². The van der Waals surface area contributed by atoms with Crippen LogP contribution in [-0.4, -0.2) is 113 Å². The van der Waals surface area contributed by atoms with Crippen LogP contribution in [0.2, 0.25) is 0 Å². The molecule has 2 aromatic rings. The molecule has 0 saturated carbocycles. The average molecular weight is 648 g/mol. The van der Waals surface area contributed by atoms with E-state index in [4.69, 9.17) is 28.9 Å². The second kappa shape index (κ2) is 14.3. The zero-order chi connectivity index (χ0) is 33.0. The van der Waals surface area contributed by atoms with Gasteiger partial charge in [-0.25, -0.2) is 9.59 Å². The van der Waals surface area contributed by atoms with E-state index in [1.54, 1.807) is 9.80 Å². The molecule has 4 aliphatic heterocycles. The number of fused-ring (bicyclic) bond motifs is 3. The van der Waals surface area contributed by atoms with Crippen molar-refractivity contribution in [3.63, 3.8) is 0 Å². The van der Waals surface area contributed by atoms with Crippen molar-refractivity contribution in [2.45, 2.75) is 83.4 Å². The Morgan fingerprint density at radius 2 is 1.91 bits per heavy atom. The predicted octanol–water partition coefficient (Wildman–Crippen LogP) is 3.75. The Labute approximate surface area is 276 Å². The molecule has 47 heavy (non-hydrogen) atoms. The zero-order valence-electron chi connectivity index (χ0n) is 27.6. The Kier molecular flexibility index (Phi) is 9.98. The summed E-state index contributed by atoms with van der Waals surface area (Å²) in [5.74, 6) is 0.725. The van der Waals surface area contributed by atoms with E-state index in [0.717, 1.165) is 49.5 Å². The molecule has 4 aliphatic rings. The van der Waals surface area contributed by atoms with Gasteiger partial charge in [0.05, 0.1) is 50.1 Å². The zero-order valence-corrected chi connectivity index (χ0v) is 27.6. The quantitative estimate of drug-likeness (QED) is 0.369. The minimum absolute atomic E-state index is 0.163. The van der Waals surface area contributed by atoms with Gasteiger partial charge in [-0.2, -0.15) is 15.2 Å². The summed E-state index contributed by atoms with van der Waals surface area (Å²) in [5.41, 5.74) is 1.94. The summed E-state index contributed by atoms with van der Waals surface area (Å²) in [7, 11) is 0. The smallest absolute Gasteiger partial charge is 0.410 e. The van der Waals surface area contributed by atoms with E-state index >= 15 is 0 Å². The number of aromatic nitrogens is 2. The molecule has 2 amide bonds. The fraction of sp³-hybridized carbons (Fsp3) is 0.618. The Morgan fingerprint density at radius 3 is 2.64 bits per heavy atom. The minimum Gasteiger partial charge on any atom is -0.463 e. The van der Waals surface area contributed by atoms with Crippen LogP contribution in [0.25, 0.3) is 0 Å². The van der Waals surface area contributed by atoms with Crippen molar-refractivity contribution in [2.24, 2.45) is 0 Å². The van der Waals surface area contributed by atoms with E-state index in [2.05, 4.69) is 15.9 Å². The van der Waals surface area contributed by atoms with Crippen LogP contribution < -0.4 is 9.64 Å². The third kappa shape index (κ3) is 8.05. The summed E-state index contributed by atoms with van der Waals surface area (Å²) in [5, 5.41) is 9.62. The molecule has 13 nitrogen and oxygen atoms in total. The summed E-state index contributed by atoms with van der Waals surface area (Å²) in [6.45, 7) is 10.9. The molecule has 3 fully saturated rings. The largest absolute Gasteiger partial charge is 0.463 e. The average Bonchev–Trinajstić information content (AvgIpc) is 3.69. The topological polar surface area (TPSA) is 134 Å². The van der Waals surface area contributed by atoms with Crippen molar-refractivity contribution in [1.29, 1.82) is 5.26 Å². The lowest BCUT2D eigenvalue weighted by Gasteiger charge is -2.42. The molecule has 3 saturated heterocycles. The first-order valence-corrected chi connectivity index (χ1v) is 16.6. The van der Waals surface area contributed by atoms with Crippen molar-refractivity contribution < 1.29 is 28.5 Å². The SMILES string of the molecule is CC(C)(C)OC(=O)N1CCN(c2nc(OCCCN3C[C@@H]4C[C@H]3CO4)nc3c2CCN(C(=O)OCc2ccccc2)C3)C[C@@H]1CC#N. The summed E-state index contributed by atoms with van der Waals surface area (Å²) in [4.78, 5) is 43.7. The molecule has 0 N–H and O–H groups in total. The van der Waals surface area contributed by atoms with Crippen molar-refractivity contribution in [3.05, 3.63) is 47.2 Å². The fourth-order valence-electron chi connectivity index (χ4n) is 6.75. The second-order valence-electron chi connectivity index (χ2n) is 13.6. The molecule has 0 aliphatic carbocycles. The molecule has 6 rings (SSSR count). The van der Waals surface area contributed by atoms with E-state index in [1.807, 2.05) is 51.1 Å². The number of nitriles is 1. The molecule has 3 atom stereocenters. The van der Waals surface area contributed by atoms with Crippen molar-refractivity contribution in [2.75, 3.05) is 57.4 Å². The van der Waals surface area contributed by atoms with Gasteiger partial charge < -0.3 is 33.6 Å². The van der Waals surface area contributed by atoms with Crippen LogP contribution in [0, 0.1) is 11.3 Å². The Bertz CT molecular complexity index is 1460. The number of rotatable bonds is 9. The molecular formula is C34H45N7O6. The number of likely N-dealkylation sites (tertiary alicyclic amines) is 1. The van der Waals surface area contributed by atoms with Gasteiger partial charge in [-0.1, -0.05) is 30.3 Å². The highest BCUT2D eigenvalue weighted by molar-refractivity contribution is 5.70. The van der Waals surface area contributed by atoms with Crippen molar-refractivity contribution in [1.82, 2.24) is 24.7 Å². The molecule has 1 aromatic heterocycles. The van der Waals surface area contributed by atoms with Gasteiger partial charge in [0.1, 0.15) is 18.0 Å².